The van der Waals surface area contributed by atoms with Gasteiger partial charge in [0.25, 0.3) is 0 Å². The number of fused-ring (bicyclic) bond motifs is 1. The molecule has 2 rings (SSSR count). The molecule has 1 aromatic heterocycles. The molecular weight excluding hydrogens is 302 g/mol. The van der Waals surface area contributed by atoms with E-state index in [9.17, 15) is 9.59 Å². The van der Waals surface area contributed by atoms with Gasteiger partial charge in [-0.1, -0.05) is 11.6 Å². The van der Waals surface area contributed by atoms with E-state index in [0.29, 0.717) is 12.4 Å². The summed E-state index contributed by atoms with van der Waals surface area (Å²) in [6.45, 7) is 7.59. The maximum Gasteiger partial charge on any atom is 0.416 e. The molecule has 1 aliphatic heterocycles. The fourth-order valence-corrected chi connectivity index (χ4v) is 2.16. The Morgan fingerprint density at radius 2 is 2.10 bits per heavy atom. The van der Waals surface area contributed by atoms with Crippen LogP contribution >= 0.6 is 25.1 Å². The largest absolute Gasteiger partial charge is 0.443 e. The summed E-state index contributed by atoms with van der Waals surface area (Å²) in [6, 6.07) is 1.32. The maximum atomic E-state index is 12.2. The van der Waals surface area contributed by atoms with E-state index < -0.39 is 17.4 Å². The Labute approximate surface area is 129 Å². The summed E-state index contributed by atoms with van der Waals surface area (Å²) in [5.41, 5.74) is -1.05. The van der Waals surface area contributed by atoms with E-state index in [1.54, 1.807) is 20.8 Å². The third kappa shape index (κ3) is 3.27. The number of aromatic nitrogens is 2. The number of hydrogen-bond donors (Lipinski definition) is 0. The number of halogens is 1. The molecule has 0 spiro atoms. The average molecular weight is 320 g/mol. The van der Waals surface area contributed by atoms with Crippen molar-refractivity contribution in [1.82, 2.24) is 9.55 Å². The van der Waals surface area contributed by atoms with Crippen LogP contribution in [-0.2, 0) is 11.3 Å². The summed E-state index contributed by atoms with van der Waals surface area (Å²) in [4.78, 5) is 29.0. The first-order valence-electron chi connectivity index (χ1n) is 5.98. The van der Waals surface area contributed by atoms with E-state index in [0.717, 1.165) is 0 Å². The number of rotatable bonds is 0. The number of anilines is 1. The SMILES string of the molecule is C[C@H]1Cn2c(cc(Cl)nc2=O)N1C(=O)OC(C)(C)C.S. The van der Waals surface area contributed by atoms with E-state index in [1.807, 2.05) is 6.92 Å². The summed E-state index contributed by atoms with van der Waals surface area (Å²) in [5, 5.41) is 0.0684. The van der Waals surface area contributed by atoms with Gasteiger partial charge in [0, 0.05) is 12.6 Å². The highest BCUT2D eigenvalue weighted by atomic mass is 35.5. The minimum absolute atomic E-state index is 0. The van der Waals surface area contributed by atoms with E-state index in [1.165, 1.54) is 15.5 Å². The van der Waals surface area contributed by atoms with Crippen LogP contribution in [0.25, 0.3) is 0 Å². The van der Waals surface area contributed by atoms with E-state index >= 15 is 0 Å². The Balaban J connectivity index is 0.00000200. The summed E-state index contributed by atoms with van der Waals surface area (Å²) < 4.78 is 6.75. The van der Waals surface area contributed by atoms with Gasteiger partial charge in [-0.25, -0.2) is 9.59 Å². The van der Waals surface area contributed by atoms with Crippen LogP contribution in [0.1, 0.15) is 27.7 Å². The van der Waals surface area contributed by atoms with Crippen molar-refractivity contribution in [2.45, 2.75) is 45.9 Å². The zero-order valence-corrected chi connectivity index (χ0v) is 13.6. The van der Waals surface area contributed by atoms with E-state index in [2.05, 4.69) is 4.98 Å². The molecule has 0 aliphatic carbocycles. The van der Waals surface area contributed by atoms with E-state index in [4.69, 9.17) is 16.3 Å². The third-order valence-corrected chi connectivity index (χ3v) is 2.88. The molecule has 0 saturated carbocycles. The topological polar surface area (TPSA) is 64.4 Å². The van der Waals surface area contributed by atoms with Crippen molar-refractivity contribution < 1.29 is 9.53 Å². The number of carbonyl (C=O) groups is 1. The molecule has 2 heterocycles. The number of carbonyl (C=O) groups excluding carboxylic acids is 1. The first kappa shape index (κ1) is 16.8. The standard InChI is InChI=1S/C12H16ClN3O3.H2S/c1-7-6-15-9(5-8(13)14-10(15)17)16(7)11(18)19-12(2,3)4;/h5,7H,6H2,1-4H3;1H2/t7-;/m0./s1. The van der Waals surface area contributed by atoms with Crippen LogP contribution in [0.5, 0.6) is 0 Å². The van der Waals surface area contributed by atoms with Crippen molar-refractivity contribution >= 4 is 37.0 Å². The van der Waals surface area contributed by atoms with Gasteiger partial charge in [0.1, 0.15) is 16.6 Å². The lowest BCUT2D eigenvalue weighted by molar-refractivity contribution is 0.0572. The van der Waals surface area contributed by atoms with Gasteiger partial charge < -0.3 is 4.74 Å². The van der Waals surface area contributed by atoms with Gasteiger partial charge in [-0.3, -0.25) is 9.47 Å². The summed E-state index contributed by atoms with van der Waals surface area (Å²) in [5.74, 6) is 0.423. The molecule has 1 atom stereocenters. The molecule has 1 aliphatic rings. The van der Waals surface area contributed by atoms with Crippen LogP contribution in [0.3, 0.4) is 0 Å². The Bertz CT molecular complexity index is 582. The predicted molar refractivity (Wildman–Crippen MR) is 82.1 cm³/mol. The quantitative estimate of drug-likeness (QED) is 0.687. The van der Waals surface area contributed by atoms with Crippen LogP contribution in [0.2, 0.25) is 5.15 Å². The van der Waals surface area contributed by atoms with Crippen LogP contribution in [-0.4, -0.2) is 27.3 Å². The predicted octanol–water partition coefficient (Wildman–Crippen LogP) is 2.15. The van der Waals surface area contributed by atoms with Crippen molar-refractivity contribution in [2.24, 2.45) is 0 Å². The fraction of sp³-hybridized carbons (Fsp3) is 0.583. The minimum Gasteiger partial charge on any atom is -0.443 e. The Morgan fingerprint density at radius 1 is 1.50 bits per heavy atom. The van der Waals surface area contributed by atoms with Gasteiger partial charge in [0.05, 0.1) is 6.04 Å². The van der Waals surface area contributed by atoms with Gasteiger partial charge in [-0.2, -0.15) is 18.5 Å². The molecule has 0 radical (unpaired) electrons. The zero-order chi connectivity index (χ0) is 14.4. The molecule has 8 heteroatoms. The van der Waals surface area contributed by atoms with Crippen LogP contribution in [0, 0.1) is 0 Å². The minimum atomic E-state index is -0.596. The lowest BCUT2D eigenvalue weighted by Crippen LogP contribution is -2.40. The second-order valence-electron chi connectivity index (χ2n) is 5.53. The number of nitrogens with zero attached hydrogens (tertiary/aromatic N) is 3. The molecule has 6 nitrogen and oxygen atoms in total. The Hall–Kier alpha value is -1.21. The maximum absolute atomic E-state index is 12.2. The zero-order valence-electron chi connectivity index (χ0n) is 11.8. The number of hydrogen-bond acceptors (Lipinski definition) is 4. The second kappa shape index (κ2) is 5.65. The van der Waals surface area contributed by atoms with Gasteiger partial charge >= 0.3 is 11.8 Å². The van der Waals surface area contributed by atoms with Gasteiger partial charge in [-0.05, 0) is 27.7 Å². The number of ether oxygens (including phenoxy) is 1. The summed E-state index contributed by atoms with van der Waals surface area (Å²) in [6.07, 6.45) is -0.493. The first-order valence-corrected chi connectivity index (χ1v) is 6.36. The van der Waals surface area contributed by atoms with Crippen molar-refractivity contribution in [3.8, 4) is 0 Å². The van der Waals surface area contributed by atoms with E-state index in [-0.39, 0.29) is 24.7 Å². The normalized spacial score (nSPS) is 17.4. The highest BCUT2D eigenvalue weighted by Gasteiger charge is 2.35. The molecule has 20 heavy (non-hydrogen) atoms. The first-order chi connectivity index (χ1) is 8.69. The highest BCUT2D eigenvalue weighted by Crippen LogP contribution is 2.27. The Kier molecular flexibility index (Phi) is 4.76. The molecule has 112 valence electrons. The summed E-state index contributed by atoms with van der Waals surface area (Å²) >= 11 is 5.78. The third-order valence-electron chi connectivity index (χ3n) is 2.68. The monoisotopic (exact) mass is 319 g/mol. The molecule has 1 amide bonds. The highest BCUT2D eigenvalue weighted by molar-refractivity contribution is 7.59. The number of amides is 1. The average Bonchev–Trinajstić information content (AvgIpc) is 2.52. The Morgan fingerprint density at radius 3 is 2.65 bits per heavy atom. The van der Waals surface area contributed by atoms with Gasteiger partial charge in [0.2, 0.25) is 0 Å². The fourth-order valence-electron chi connectivity index (χ4n) is 1.99. The lowest BCUT2D eigenvalue weighted by atomic mass is 10.2. The van der Waals surface area contributed by atoms with Crippen molar-refractivity contribution in [3.63, 3.8) is 0 Å². The van der Waals surface area contributed by atoms with Crippen molar-refractivity contribution in [2.75, 3.05) is 4.90 Å². The molecule has 0 bridgehead atoms. The molecule has 1 aromatic rings. The molecule has 0 fully saturated rings. The van der Waals surface area contributed by atoms with Crippen LogP contribution in [0.4, 0.5) is 10.6 Å². The van der Waals surface area contributed by atoms with Crippen molar-refractivity contribution in [1.29, 1.82) is 0 Å². The molecule has 0 aromatic carbocycles. The molecular formula is C12H18ClN3O3S. The van der Waals surface area contributed by atoms with Gasteiger partial charge in [-0.15, -0.1) is 0 Å². The molecule has 0 unspecified atom stereocenters. The summed E-state index contributed by atoms with van der Waals surface area (Å²) in [7, 11) is 0. The second-order valence-corrected chi connectivity index (χ2v) is 5.92. The lowest BCUT2D eigenvalue weighted by Gasteiger charge is -2.26. The van der Waals surface area contributed by atoms with Crippen LogP contribution in [0.15, 0.2) is 10.9 Å². The smallest absolute Gasteiger partial charge is 0.416 e. The van der Waals surface area contributed by atoms with Gasteiger partial charge in [0.15, 0.2) is 0 Å². The van der Waals surface area contributed by atoms with Crippen molar-refractivity contribution in [3.05, 3.63) is 21.7 Å². The van der Waals surface area contributed by atoms with Crippen LogP contribution < -0.4 is 10.6 Å². The molecule has 0 N–H and O–H groups in total. The molecule has 0 saturated heterocycles.